The van der Waals surface area contributed by atoms with Crippen molar-refractivity contribution < 1.29 is 14.7 Å². The van der Waals surface area contributed by atoms with Gasteiger partial charge in [0, 0.05) is 10.6 Å². The van der Waals surface area contributed by atoms with Crippen LogP contribution in [-0.2, 0) is 4.79 Å². The second-order valence-electron chi connectivity index (χ2n) is 3.52. The topological polar surface area (TPSA) is 92.2 Å². The lowest BCUT2D eigenvalue weighted by Crippen LogP contribution is -2.11. The number of hydrogen-bond acceptors (Lipinski definition) is 6. The Morgan fingerprint density at radius 1 is 1.30 bits per heavy atom. The number of carboxylic acids is 1. The van der Waals surface area contributed by atoms with Gasteiger partial charge in [-0.25, -0.2) is 0 Å². The lowest BCUT2D eigenvalue weighted by Gasteiger charge is -2.00. The first-order valence-corrected chi connectivity index (χ1v) is 7.47. The van der Waals surface area contributed by atoms with E-state index in [0.29, 0.717) is 20.1 Å². The summed E-state index contributed by atoms with van der Waals surface area (Å²) in [6.45, 7) is 0. The molecule has 0 aliphatic rings. The summed E-state index contributed by atoms with van der Waals surface area (Å²) in [7, 11) is 0. The molecule has 0 unspecified atom stereocenters. The molecule has 0 saturated heterocycles. The van der Waals surface area contributed by atoms with Gasteiger partial charge in [0.05, 0.1) is 5.75 Å². The second-order valence-corrected chi connectivity index (χ2v) is 6.15. The van der Waals surface area contributed by atoms with E-state index >= 15 is 0 Å². The number of benzene rings is 1. The number of aliphatic carboxylic acids is 1. The number of nitrogens with zero attached hydrogens (tertiary/aromatic N) is 2. The maximum absolute atomic E-state index is 11.9. The largest absolute Gasteiger partial charge is 0.481 e. The van der Waals surface area contributed by atoms with E-state index in [1.165, 1.54) is 0 Å². The molecule has 0 radical (unpaired) electrons. The maximum atomic E-state index is 11.9. The number of hydrogen-bond donors (Lipinski definition) is 2. The predicted molar refractivity (Wildman–Crippen MR) is 77.7 cm³/mol. The Kier molecular flexibility index (Phi) is 4.94. The molecule has 20 heavy (non-hydrogen) atoms. The summed E-state index contributed by atoms with van der Waals surface area (Å²) in [5.74, 6) is -1.36. The molecule has 104 valence electrons. The molecule has 0 aliphatic carbocycles. The van der Waals surface area contributed by atoms with Gasteiger partial charge in [-0.15, -0.1) is 10.2 Å². The summed E-state index contributed by atoms with van der Waals surface area (Å²) in [6.07, 6.45) is 0. The van der Waals surface area contributed by atoms with Crippen LogP contribution < -0.4 is 5.32 Å². The van der Waals surface area contributed by atoms with Crippen molar-refractivity contribution in [2.45, 2.75) is 4.34 Å². The van der Waals surface area contributed by atoms with E-state index in [1.807, 2.05) is 0 Å². The first-order valence-electron chi connectivity index (χ1n) is 5.29. The molecule has 2 N–H and O–H groups in total. The van der Waals surface area contributed by atoms with E-state index in [1.54, 1.807) is 24.3 Å². The fraction of sp³-hybridized carbons (Fsp3) is 0.0909. The van der Waals surface area contributed by atoms with Crippen molar-refractivity contribution in [1.29, 1.82) is 0 Å². The van der Waals surface area contributed by atoms with Crippen LogP contribution in [0.5, 0.6) is 0 Å². The van der Waals surface area contributed by atoms with Crippen molar-refractivity contribution in [3.05, 3.63) is 34.9 Å². The molecular weight excluding hydrogens is 322 g/mol. The average Bonchev–Trinajstić information content (AvgIpc) is 2.84. The third kappa shape index (κ3) is 4.19. The summed E-state index contributed by atoms with van der Waals surface area (Å²) in [5.41, 5.74) is 0.448. The van der Waals surface area contributed by atoms with Crippen molar-refractivity contribution in [3.8, 4) is 0 Å². The van der Waals surface area contributed by atoms with Crippen LogP contribution in [0, 0.1) is 0 Å². The molecule has 2 rings (SSSR count). The second kappa shape index (κ2) is 6.69. The van der Waals surface area contributed by atoms with Crippen LogP contribution >= 0.6 is 34.7 Å². The molecule has 1 heterocycles. The quantitative estimate of drug-likeness (QED) is 0.647. The number of carboxylic acid groups (broad SMARTS) is 1. The van der Waals surface area contributed by atoms with Gasteiger partial charge in [0.15, 0.2) is 4.34 Å². The molecule has 0 fully saturated rings. The van der Waals surface area contributed by atoms with Crippen LogP contribution in [0.4, 0.5) is 5.13 Å². The van der Waals surface area contributed by atoms with Gasteiger partial charge in [-0.3, -0.25) is 14.9 Å². The molecule has 0 spiro atoms. The highest BCUT2D eigenvalue weighted by molar-refractivity contribution is 8.01. The van der Waals surface area contributed by atoms with Crippen molar-refractivity contribution in [2.24, 2.45) is 0 Å². The minimum Gasteiger partial charge on any atom is -0.481 e. The predicted octanol–water partition coefficient (Wildman–Crippen LogP) is 2.62. The van der Waals surface area contributed by atoms with E-state index in [9.17, 15) is 9.59 Å². The number of thioether (sulfide) groups is 1. The number of carbonyl (C=O) groups excluding carboxylic acids is 1. The summed E-state index contributed by atoms with van der Waals surface area (Å²) in [4.78, 5) is 22.3. The molecule has 2 aromatic rings. The van der Waals surface area contributed by atoms with Crippen molar-refractivity contribution in [3.63, 3.8) is 0 Å². The number of rotatable bonds is 5. The van der Waals surface area contributed by atoms with Crippen molar-refractivity contribution in [2.75, 3.05) is 11.1 Å². The lowest BCUT2D eigenvalue weighted by atomic mass is 10.2. The monoisotopic (exact) mass is 329 g/mol. The van der Waals surface area contributed by atoms with E-state index in [-0.39, 0.29) is 11.7 Å². The highest BCUT2D eigenvalue weighted by Crippen LogP contribution is 2.25. The molecule has 1 aromatic carbocycles. The molecule has 1 amide bonds. The molecule has 9 heteroatoms. The summed E-state index contributed by atoms with van der Waals surface area (Å²) >= 11 is 7.91. The van der Waals surface area contributed by atoms with Crippen LogP contribution in [0.25, 0.3) is 0 Å². The molecule has 0 bridgehead atoms. The fourth-order valence-corrected chi connectivity index (χ4v) is 2.81. The zero-order chi connectivity index (χ0) is 14.5. The van der Waals surface area contributed by atoms with Crippen LogP contribution in [0.3, 0.4) is 0 Å². The summed E-state index contributed by atoms with van der Waals surface area (Å²) < 4.78 is 0.485. The number of aromatic nitrogens is 2. The van der Waals surface area contributed by atoms with Crippen LogP contribution in [-0.4, -0.2) is 32.9 Å². The smallest absolute Gasteiger partial charge is 0.313 e. The molecule has 6 nitrogen and oxygen atoms in total. The third-order valence-corrected chi connectivity index (χ3v) is 4.26. The van der Waals surface area contributed by atoms with Gasteiger partial charge in [0.25, 0.3) is 5.91 Å². The SMILES string of the molecule is O=C(O)CSc1nnc(NC(=O)c2ccc(Cl)cc2)s1. The Hall–Kier alpha value is -1.64. The summed E-state index contributed by atoms with van der Waals surface area (Å²) in [5, 5.41) is 19.6. The first kappa shape index (κ1) is 14.8. The highest BCUT2D eigenvalue weighted by Gasteiger charge is 2.11. The van der Waals surface area contributed by atoms with E-state index in [2.05, 4.69) is 15.5 Å². The fourth-order valence-electron chi connectivity index (χ4n) is 1.21. The molecule has 0 saturated carbocycles. The Bertz CT molecular complexity index is 630. The van der Waals surface area contributed by atoms with Gasteiger partial charge in [-0.2, -0.15) is 0 Å². The Morgan fingerprint density at radius 3 is 2.65 bits per heavy atom. The Balaban J connectivity index is 1.97. The number of carbonyl (C=O) groups is 2. The van der Waals surface area contributed by atoms with E-state index < -0.39 is 5.97 Å². The average molecular weight is 330 g/mol. The van der Waals surface area contributed by atoms with Crippen molar-refractivity contribution in [1.82, 2.24) is 10.2 Å². The molecule has 1 aromatic heterocycles. The highest BCUT2D eigenvalue weighted by atomic mass is 35.5. The van der Waals surface area contributed by atoms with Gasteiger partial charge in [-0.05, 0) is 24.3 Å². The van der Waals surface area contributed by atoms with Gasteiger partial charge >= 0.3 is 5.97 Å². The zero-order valence-electron chi connectivity index (χ0n) is 9.87. The summed E-state index contributed by atoms with van der Waals surface area (Å²) in [6, 6.07) is 6.42. The number of nitrogens with one attached hydrogen (secondary N) is 1. The Morgan fingerprint density at radius 2 is 2.00 bits per heavy atom. The van der Waals surface area contributed by atoms with Gasteiger partial charge in [0.2, 0.25) is 5.13 Å². The molecule has 0 atom stereocenters. The third-order valence-electron chi connectivity index (χ3n) is 2.05. The van der Waals surface area contributed by atoms with E-state index in [4.69, 9.17) is 16.7 Å². The normalized spacial score (nSPS) is 10.2. The van der Waals surface area contributed by atoms with Crippen LogP contribution in [0.2, 0.25) is 5.02 Å². The molecule has 0 aliphatic heterocycles. The number of amides is 1. The number of halogens is 1. The zero-order valence-corrected chi connectivity index (χ0v) is 12.3. The number of anilines is 1. The Labute approximate surface area is 127 Å². The lowest BCUT2D eigenvalue weighted by molar-refractivity contribution is -0.133. The van der Waals surface area contributed by atoms with Gasteiger partial charge in [0.1, 0.15) is 0 Å². The standard InChI is InChI=1S/C11H8ClN3O3S2/c12-7-3-1-6(2-4-7)9(18)13-10-14-15-11(20-10)19-5-8(16)17/h1-4H,5H2,(H,16,17)(H,13,14,18). The minimum atomic E-state index is -0.933. The molecular formula is C11H8ClN3O3S2. The van der Waals surface area contributed by atoms with Gasteiger partial charge in [-0.1, -0.05) is 34.7 Å². The maximum Gasteiger partial charge on any atom is 0.313 e. The van der Waals surface area contributed by atoms with Gasteiger partial charge < -0.3 is 5.11 Å². The van der Waals surface area contributed by atoms with Crippen LogP contribution in [0.15, 0.2) is 28.6 Å². The first-order chi connectivity index (χ1) is 9.54. The van der Waals surface area contributed by atoms with Crippen LogP contribution in [0.1, 0.15) is 10.4 Å². The van der Waals surface area contributed by atoms with E-state index in [0.717, 1.165) is 23.1 Å². The van der Waals surface area contributed by atoms with Crippen molar-refractivity contribution >= 4 is 51.7 Å². The minimum absolute atomic E-state index is 0.0975.